The number of aliphatic hydroxyl groups is 4. The van der Waals surface area contributed by atoms with E-state index in [4.69, 9.17) is 39.9 Å². The monoisotopic (exact) mass is 459 g/mol. The van der Waals surface area contributed by atoms with E-state index in [-0.39, 0.29) is 19.0 Å². The van der Waals surface area contributed by atoms with Crippen LogP contribution in [0.1, 0.15) is 0 Å². The Kier molecular flexibility index (Phi) is 11.8. The van der Waals surface area contributed by atoms with E-state index in [0.29, 0.717) is 0 Å². The molecule has 0 unspecified atom stereocenters. The van der Waals surface area contributed by atoms with E-state index in [1.807, 2.05) is 0 Å². The SMILES string of the molecule is C[N+](C)(C)CCO.Nc1ccn(C[C@@H]2O[C@H](CO)[C@@H](O)[C@H]2O)c(=O)n1.O=P(O)(O)O. The highest BCUT2D eigenvalue weighted by molar-refractivity contribution is 7.45. The van der Waals surface area contributed by atoms with Crippen LogP contribution >= 0.6 is 7.82 Å². The minimum absolute atomic E-state index is 0.0286. The Hall–Kier alpha value is -1.45. The van der Waals surface area contributed by atoms with Crippen LogP contribution in [0.15, 0.2) is 17.1 Å². The summed E-state index contributed by atoms with van der Waals surface area (Å²) in [6, 6.07) is 1.45. The smallest absolute Gasteiger partial charge is 0.394 e. The van der Waals surface area contributed by atoms with Crippen LogP contribution in [-0.2, 0) is 15.8 Å². The van der Waals surface area contributed by atoms with Crippen LogP contribution in [0.4, 0.5) is 5.82 Å². The molecule has 30 heavy (non-hydrogen) atoms. The van der Waals surface area contributed by atoms with Crippen molar-refractivity contribution in [3.63, 3.8) is 0 Å². The van der Waals surface area contributed by atoms with Crippen LogP contribution < -0.4 is 11.4 Å². The molecule has 1 fully saturated rings. The number of nitrogens with two attached hydrogens (primary N) is 1. The van der Waals surface area contributed by atoms with Crippen LogP contribution in [0.5, 0.6) is 0 Å². The van der Waals surface area contributed by atoms with Gasteiger partial charge in [-0.1, -0.05) is 0 Å². The molecule has 14 nitrogen and oxygen atoms in total. The summed E-state index contributed by atoms with van der Waals surface area (Å²) in [6.07, 6.45) is -2.52. The van der Waals surface area contributed by atoms with Gasteiger partial charge in [0.1, 0.15) is 36.8 Å². The molecule has 0 saturated carbocycles. The lowest BCUT2D eigenvalue weighted by Gasteiger charge is -2.21. The van der Waals surface area contributed by atoms with Gasteiger partial charge in [-0.3, -0.25) is 4.57 Å². The summed E-state index contributed by atoms with van der Waals surface area (Å²) < 4.78 is 16.2. The molecule has 15 heteroatoms. The molecule has 4 atom stereocenters. The van der Waals surface area contributed by atoms with Gasteiger partial charge in [0, 0.05) is 6.20 Å². The molecule has 1 aromatic heterocycles. The summed E-state index contributed by atoms with van der Waals surface area (Å²) >= 11 is 0. The minimum atomic E-state index is -4.64. The van der Waals surface area contributed by atoms with Crippen LogP contribution in [0.25, 0.3) is 0 Å². The second kappa shape index (κ2) is 12.4. The average molecular weight is 459 g/mol. The molecule has 2 rings (SSSR count). The van der Waals surface area contributed by atoms with Crippen molar-refractivity contribution in [1.82, 2.24) is 9.55 Å². The maximum Gasteiger partial charge on any atom is 0.466 e. The number of quaternary nitrogens is 1. The lowest BCUT2D eigenvalue weighted by molar-refractivity contribution is -0.870. The summed E-state index contributed by atoms with van der Waals surface area (Å²) in [7, 11) is 1.52. The molecule has 2 heterocycles. The lowest BCUT2D eigenvalue weighted by atomic mass is 10.1. The predicted octanol–water partition coefficient (Wildman–Crippen LogP) is -3.94. The van der Waals surface area contributed by atoms with Gasteiger partial charge >= 0.3 is 13.5 Å². The van der Waals surface area contributed by atoms with E-state index >= 15 is 0 Å². The van der Waals surface area contributed by atoms with Crippen molar-refractivity contribution >= 4 is 13.6 Å². The Bertz CT molecular complexity index is 727. The van der Waals surface area contributed by atoms with Crippen molar-refractivity contribution in [3.05, 3.63) is 22.7 Å². The molecule has 0 aromatic carbocycles. The van der Waals surface area contributed by atoms with Crippen molar-refractivity contribution in [3.8, 4) is 0 Å². The predicted molar refractivity (Wildman–Crippen MR) is 105 cm³/mol. The Morgan fingerprint density at radius 3 is 2.00 bits per heavy atom. The number of aliphatic hydroxyl groups excluding tert-OH is 4. The third kappa shape index (κ3) is 12.3. The maximum atomic E-state index is 11.5. The van der Waals surface area contributed by atoms with Gasteiger partial charge in [-0.15, -0.1) is 0 Å². The number of nitrogens with zero attached hydrogens (tertiary/aromatic N) is 3. The van der Waals surface area contributed by atoms with E-state index in [9.17, 15) is 15.0 Å². The first kappa shape index (κ1) is 28.5. The Labute approximate surface area is 173 Å². The number of rotatable bonds is 5. The van der Waals surface area contributed by atoms with Gasteiger partial charge in [0.25, 0.3) is 0 Å². The van der Waals surface area contributed by atoms with Gasteiger partial charge in [0.15, 0.2) is 0 Å². The molecule has 0 bridgehead atoms. The van der Waals surface area contributed by atoms with Gasteiger partial charge in [0.2, 0.25) is 0 Å². The zero-order valence-corrected chi connectivity index (χ0v) is 17.9. The number of nitrogen functional groups attached to an aromatic ring is 1. The van der Waals surface area contributed by atoms with Crippen molar-refractivity contribution in [2.75, 3.05) is 46.6 Å². The van der Waals surface area contributed by atoms with Crippen molar-refractivity contribution in [1.29, 1.82) is 0 Å². The molecule has 9 N–H and O–H groups in total. The van der Waals surface area contributed by atoms with E-state index in [1.54, 1.807) is 0 Å². The number of ether oxygens (including phenoxy) is 1. The minimum Gasteiger partial charge on any atom is -0.394 e. The van der Waals surface area contributed by atoms with Gasteiger partial charge in [-0.25, -0.2) is 9.36 Å². The largest absolute Gasteiger partial charge is 0.466 e. The summed E-state index contributed by atoms with van der Waals surface area (Å²) in [5, 5.41) is 36.6. The topological polar surface area (TPSA) is 229 Å². The number of likely N-dealkylation sites (N-methyl/N-ethyl adjacent to an activating group) is 1. The van der Waals surface area contributed by atoms with Crippen LogP contribution in [0.2, 0.25) is 0 Å². The molecule has 0 radical (unpaired) electrons. The number of phosphoric acid groups is 1. The average Bonchev–Trinajstić information content (AvgIpc) is 2.83. The lowest BCUT2D eigenvalue weighted by Crippen LogP contribution is -2.37. The number of hydrogen-bond donors (Lipinski definition) is 8. The normalized spacial score (nSPS) is 23.8. The van der Waals surface area contributed by atoms with E-state index < -0.39 is 44.5 Å². The van der Waals surface area contributed by atoms with Crippen LogP contribution in [0, 0.1) is 0 Å². The third-order valence-corrected chi connectivity index (χ3v) is 3.68. The molecule has 0 aliphatic carbocycles. The van der Waals surface area contributed by atoms with Gasteiger partial charge < -0.3 is 50.1 Å². The highest BCUT2D eigenvalue weighted by Crippen LogP contribution is 2.25. The fourth-order valence-electron chi connectivity index (χ4n) is 2.20. The second-order valence-electron chi connectivity index (χ2n) is 7.41. The molecule has 1 aliphatic heterocycles. The summed E-state index contributed by atoms with van der Waals surface area (Å²) in [5.74, 6) is 0.109. The first-order valence-corrected chi connectivity index (χ1v) is 10.3. The molecule has 0 amide bonds. The first-order chi connectivity index (χ1) is 13.6. The summed E-state index contributed by atoms with van der Waals surface area (Å²) in [6.45, 7) is 0.744. The molecule has 1 aliphatic rings. The molecular weight excluding hydrogens is 427 g/mol. The van der Waals surface area contributed by atoms with Crippen molar-refractivity contribution in [2.45, 2.75) is 31.0 Å². The molecule has 176 valence electrons. The maximum absolute atomic E-state index is 11.5. The second-order valence-corrected chi connectivity index (χ2v) is 8.44. The number of aromatic nitrogens is 2. The molecule has 1 saturated heterocycles. The van der Waals surface area contributed by atoms with Crippen molar-refractivity contribution < 1.29 is 48.9 Å². The highest BCUT2D eigenvalue weighted by Gasteiger charge is 2.42. The fraction of sp³-hybridized carbons (Fsp3) is 0.733. The standard InChI is InChI=1S/C10H15N3O5.C5H14NO.H3O4P/c11-7-1-2-13(10(17)12-7)3-5-8(15)9(16)6(4-14)18-5;1-6(2,3)4-5-7;1-5(2,3)4/h1-2,5-6,8-9,14-16H,3-4H2,(H2,11,12,17);7H,4-5H2,1-3H3;(H3,1,2,3,4)/q;+1;/t5-,6+,8-,9+;;/m0../s1. The quantitative estimate of drug-likeness (QED) is 0.156. The molecule has 1 aromatic rings. The number of anilines is 1. The van der Waals surface area contributed by atoms with Crippen LogP contribution in [-0.4, -0.2) is 114 Å². The zero-order chi connectivity index (χ0) is 23.7. The summed E-state index contributed by atoms with van der Waals surface area (Å²) in [4.78, 5) is 36.6. The number of hydrogen-bond acceptors (Lipinski definition) is 9. The zero-order valence-electron chi connectivity index (χ0n) is 17.0. The fourth-order valence-corrected chi connectivity index (χ4v) is 2.20. The van der Waals surface area contributed by atoms with E-state index in [0.717, 1.165) is 11.0 Å². The van der Waals surface area contributed by atoms with Gasteiger partial charge in [-0.05, 0) is 6.07 Å². The van der Waals surface area contributed by atoms with Crippen molar-refractivity contribution in [2.24, 2.45) is 0 Å². The Morgan fingerprint density at radius 1 is 1.17 bits per heavy atom. The Morgan fingerprint density at radius 2 is 1.67 bits per heavy atom. The van der Waals surface area contributed by atoms with Crippen LogP contribution in [0.3, 0.4) is 0 Å². The molecule has 0 spiro atoms. The van der Waals surface area contributed by atoms with E-state index in [2.05, 4.69) is 26.1 Å². The summed E-state index contributed by atoms with van der Waals surface area (Å²) in [5.41, 5.74) is 4.79. The Balaban J connectivity index is 0.000000581. The molecular formula is C15H32N4O10P+. The van der Waals surface area contributed by atoms with Gasteiger partial charge in [0.05, 0.1) is 40.9 Å². The van der Waals surface area contributed by atoms with E-state index in [1.165, 1.54) is 16.8 Å². The van der Waals surface area contributed by atoms with Gasteiger partial charge in [-0.2, -0.15) is 4.98 Å². The third-order valence-electron chi connectivity index (χ3n) is 3.68. The highest BCUT2D eigenvalue weighted by atomic mass is 31.2. The first-order valence-electron chi connectivity index (χ1n) is 8.74.